The molecular weight excluding hydrogens is 420 g/mol. The summed E-state index contributed by atoms with van der Waals surface area (Å²) in [4.78, 5) is 14.7. The molecule has 4 aromatic rings. The number of thioether (sulfide) groups is 1. The molecule has 0 fully saturated rings. The molecule has 0 radical (unpaired) electrons. The van der Waals surface area contributed by atoms with Crippen molar-refractivity contribution in [3.8, 4) is 0 Å². The molecule has 29 heavy (non-hydrogen) atoms. The van der Waals surface area contributed by atoms with E-state index < -0.39 is 0 Å². The maximum absolute atomic E-state index is 12.8. The molecule has 4 rings (SSSR count). The van der Waals surface area contributed by atoms with Gasteiger partial charge < -0.3 is 5.84 Å². The highest BCUT2D eigenvalue weighted by molar-refractivity contribution is 7.99. The minimum atomic E-state index is -0.0914. The Morgan fingerprint density at radius 2 is 1.86 bits per heavy atom. The van der Waals surface area contributed by atoms with Crippen LogP contribution >= 0.6 is 34.4 Å². The predicted molar refractivity (Wildman–Crippen MR) is 120 cm³/mol. The van der Waals surface area contributed by atoms with Crippen molar-refractivity contribution in [1.29, 1.82) is 0 Å². The third-order valence-corrected chi connectivity index (χ3v) is 7.51. The van der Waals surface area contributed by atoms with E-state index in [0.717, 1.165) is 10.4 Å². The van der Waals surface area contributed by atoms with Gasteiger partial charge in [0.25, 0.3) is 0 Å². The molecule has 0 saturated carbocycles. The highest BCUT2D eigenvalue weighted by atomic mass is 32.2. The normalized spacial score (nSPS) is 12.2. The molecule has 1 atom stereocenters. The van der Waals surface area contributed by atoms with Crippen LogP contribution in [0.4, 0.5) is 0 Å². The van der Waals surface area contributed by atoms with Crippen molar-refractivity contribution < 1.29 is 4.79 Å². The van der Waals surface area contributed by atoms with E-state index in [2.05, 4.69) is 47.5 Å². The van der Waals surface area contributed by atoms with E-state index in [0.29, 0.717) is 23.8 Å². The van der Waals surface area contributed by atoms with Crippen molar-refractivity contribution in [2.45, 2.75) is 30.2 Å². The summed E-state index contributed by atoms with van der Waals surface area (Å²) in [6.45, 7) is 2.05. The molecule has 0 bridgehead atoms. The summed E-state index contributed by atoms with van der Waals surface area (Å²) in [6, 6.07) is 16.1. The minimum Gasteiger partial charge on any atom is -0.336 e. The lowest BCUT2D eigenvalue weighted by atomic mass is 10.0. The van der Waals surface area contributed by atoms with Crippen molar-refractivity contribution in [3.63, 3.8) is 0 Å². The van der Waals surface area contributed by atoms with Crippen molar-refractivity contribution >= 4 is 40.2 Å². The summed E-state index contributed by atoms with van der Waals surface area (Å²) in [5.41, 5.74) is 2.26. The fourth-order valence-corrected chi connectivity index (χ4v) is 5.39. The number of aryl methyl sites for hydroxylation is 1. The van der Waals surface area contributed by atoms with Crippen LogP contribution in [0.5, 0.6) is 0 Å². The third-order valence-electron chi connectivity index (χ3n) is 4.51. The standard InChI is InChI=1S/C21H20N4OS3/c1-14-6-8-15(9-7-14)19(13-17(26)18-5-3-11-28-18)29-21-24-23-20(25(21)22)12-16-4-2-10-27-16/h2-11,19H,12-13,22H2,1H3. The summed E-state index contributed by atoms with van der Waals surface area (Å²) < 4.78 is 1.54. The van der Waals surface area contributed by atoms with E-state index in [1.165, 1.54) is 33.5 Å². The summed E-state index contributed by atoms with van der Waals surface area (Å²) in [7, 11) is 0. The molecule has 1 aromatic carbocycles. The number of rotatable bonds is 8. The van der Waals surface area contributed by atoms with Gasteiger partial charge in [-0.2, -0.15) is 0 Å². The lowest BCUT2D eigenvalue weighted by molar-refractivity contribution is 0.0986. The maximum atomic E-state index is 12.8. The van der Waals surface area contributed by atoms with Gasteiger partial charge in [0.2, 0.25) is 5.16 Å². The first-order chi connectivity index (χ1) is 14.1. The Bertz CT molecular complexity index is 1070. The molecule has 0 aliphatic heterocycles. The number of Topliss-reactive ketones (excluding diaryl/α,β-unsaturated/α-hetero) is 1. The van der Waals surface area contributed by atoms with Crippen LogP contribution in [0.2, 0.25) is 0 Å². The van der Waals surface area contributed by atoms with Gasteiger partial charge in [0, 0.05) is 23.0 Å². The molecule has 8 heteroatoms. The number of benzene rings is 1. The average molecular weight is 441 g/mol. The van der Waals surface area contributed by atoms with Gasteiger partial charge >= 0.3 is 0 Å². The van der Waals surface area contributed by atoms with Crippen molar-refractivity contribution in [3.05, 3.63) is 86.0 Å². The smallest absolute Gasteiger partial charge is 0.210 e. The number of nitrogens with zero attached hydrogens (tertiary/aromatic N) is 3. The van der Waals surface area contributed by atoms with E-state index in [4.69, 9.17) is 5.84 Å². The molecule has 0 spiro atoms. The van der Waals surface area contributed by atoms with E-state index in [1.54, 1.807) is 16.0 Å². The highest BCUT2D eigenvalue weighted by Gasteiger charge is 2.23. The fourth-order valence-electron chi connectivity index (χ4n) is 2.92. The Labute approximate surface area is 181 Å². The van der Waals surface area contributed by atoms with Crippen LogP contribution in [0.1, 0.15) is 43.2 Å². The van der Waals surface area contributed by atoms with Gasteiger partial charge in [0.1, 0.15) is 0 Å². The van der Waals surface area contributed by atoms with Crippen LogP contribution in [0, 0.1) is 6.92 Å². The molecule has 0 aliphatic carbocycles. The Balaban J connectivity index is 1.57. The second-order valence-electron chi connectivity index (χ2n) is 6.65. The third kappa shape index (κ3) is 4.77. The number of thiophene rings is 2. The number of carbonyl (C=O) groups excluding carboxylic acids is 1. The molecule has 2 N–H and O–H groups in total. The van der Waals surface area contributed by atoms with Crippen LogP contribution in [0.3, 0.4) is 0 Å². The van der Waals surface area contributed by atoms with Crippen LogP contribution in [0.15, 0.2) is 64.4 Å². The zero-order valence-corrected chi connectivity index (χ0v) is 18.3. The average Bonchev–Trinajstić information content (AvgIpc) is 3.48. The number of aromatic nitrogens is 3. The highest BCUT2D eigenvalue weighted by Crippen LogP contribution is 2.38. The van der Waals surface area contributed by atoms with Gasteiger partial charge in [0.15, 0.2) is 11.6 Å². The summed E-state index contributed by atoms with van der Waals surface area (Å²) in [5, 5.41) is 13.0. The molecule has 5 nitrogen and oxygen atoms in total. The van der Waals surface area contributed by atoms with Gasteiger partial charge in [-0.25, -0.2) is 4.68 Å². The van der Waals surface area contributed by atoms with Crippen molar-refractivity contribution in [2.75, 3.05) is 5.84 Å². The lowest BCUT2D eigenvalue weighted by Gasteiger charge is -2.16. The minimum absolute atomic E-state index is 0.0914. The van der Waals surface area contributed by atoms with E-state index in [-0.39, 0.29) is 11.0 Å². The van der Waals surface area contributed by atoms with Crippen LogP contribution < -0.4 is 5.84 Å². The summed E-state index contributed by atoms with van der Waals surface area (Å²) >= 11 is 4.62. The van der Waals surface area contributed by atoms with Gasteiger partial charge in [-0.3, -0.25) is 4.79 Å². The zero-order chi connectivity index (χ0) is 20.2. The van der Waals surface area contributed by atoms with Gasteiger partial charge in [-0.15, -0.1) is 32.9 Å². The quantitative estimate of drug-likeness (QED) is 0.234. The van der Waals surface area contributed by atoms with Crippen LogP contribution in [-0.4, -0.2) is 20.7 Å². The predicted octanol–water partition coefficient (Wildman–Crippen LogP) is 5.12. The summed E-state index contributed by atoms with van der Waals surface area (Å²) in [5.74, 6) is 7.12. The number of hydrogen-bond acceptors (Lipinski definition) is 7. The molecule has 0 saturated heterocycles. The number of carbonyl (C=O) groups is 1. The SMILES string of the molecule is Cc1ccc(C(CC(=O)c2cccs2)Sc2nnc(Cc3cccs3)n2N)cc1. The second-order valence-corrected chi connectivity index (χ2v) is 9.80. The number of ketones is 1. The Morgan fingerprint density at radius 1 is 1.10 bits per heavy atom. The topological polar surface area (TPSA) is 73.8 Å². The Morgan fingerprint density at radius 3 is 2.55 bits per heavy atom. The van der Waals surface area contributed by atoms with Gasteiger partial charge in [-0.1, -0.05) is 53.7 Å². The van der Waals surface area contributed by atoms with Gasteiger partial charge in [-0.05, 0) is 35.4 Å². The summed E-state index contributed by atoms with van der Waals surface area (Å²) in [6.07, 6.45) is 1.02. The number of hydrogen-bond donors (Lipinski definition) is 1. The van der Waals surface area contributed by atoms with E-state index in [9.17, 15) is 4.79 Å². The van der Waals surface area contributed by atoms with E-state index in [1.807, 2.05) is 29.0 Å². The molecule has 0 amide bonds. The largest absolute Gasteiger partial charge is 0.336 e. The monoisotopic (exact) mass is 440 g/mol. The lowest BCUT2D eigenvalue weighted by Crippen LogP contribution is -2.15. The Kier molecular flexibility index (Phi) is 6.13. The van der Waals surface area contributed by atoms with Crippen LogP contribution in [0.25, 0.3) is 0 Å². The second kappa shape index (κ2) is 8.94. The first kappa shape index (κ1) is 19.9. The zero-order valence-electron chi connectivity index (χ0n) is 15.8. The fraction of sp³-hybridized carbons (Fsp3) is 0.190. The first-order valence-corrected chi connectivity index (χ1v) is 11.8. The van der Waals surface area contributed by atoms with E-state index >= 15 is 0 Å². The molecule has 3 aromatic heterocycles. The Hall–Kier alpha value is -2.42. The maximum Gasteiger partial charge on any atom is 0.210 e. The molecule has 3 heterocycles. The molecular formula is C21H20N4OS3. The first-order valence-electron chi connectivity index (χ1n) is 9.12. The molecule has 1 unspecified atom stereocenters. The number of nitrogens with two attached hydrogens (primary N) is 1. The van der Waals surface area contributed by atoms with Crippen LogP contribution in [-0.2, 0) is 6.42 Å². The van der Waals surface area contributed by atoms with Gasteiger partial charge in [0.05, 0.1) is 4.88 Å². The number of nitrogen functional groups attached to an aromatic ring is 1. The molecule has 148 valence electrons. The van der Waals surface area contributed by atoms with Crippen molar-refractivity contribution in [1.82, 2.24) is 14.9 Å². The molecule has 0 aliphatic rings. The van der Waals surface area contributed by atoms with Crippen molar-refractivity contribution in [2.24, 2.45) is 0 Å².